The van der Waals surface area contributed by atoms with E-state index in [0.29, 0.717) is 5.11 Å². The lowest BCUT2D eigenvalue weighted by molar-refractivity contribution is 0.361. The molecule has 1 heterocycles. The quantitative estimate of drug-likeness (QED) is 0.572. The fraction of sp³-hybridized carbons (Fsp3) is 0.833. The largest absolute Gasteiger partial charge is 0.322 e. The number of rotatable bonds is 2. The maximum atomic E-state index is 4.95. The summed E-state index contributed by atoms with van der Waals surface area (Å²) in [6, 6.07) is 0. The van der Waals surface area contributed by atoms with E-state index in [4.69, 9.17) is 12.2 Å². The molecule has 0 aromatic heterocycles. The second-order valence-corrected chi connectivity index (χ2v) is 2.69. The molecular weight excluding hydrogens is 146 g/mol. The third-order valence-electron chi connectivity index (χ3n) is 1.47. The molecule has 10 heavy (non-hydrogen) atoms. The van der Waals surface area contributed by atoms with Gasteiger partial charge in [0.2, 0.25) is 5.11 Å². The molecular formula is C6H11N3S. The van der Waals surface area contributed by atoms with E-state index < -0.39 is 0 Å². The topological polar surface area (TPSA) is 28.0 Å². The fourth-order valence-corrected chi connectivity index (χ4v) is 1.23. The van der Waals surface area contributed by atoms with Crippen LogP contribution in [0.3, 0.4) is 0 Å². The summed E-state index contributed by atoms with van der Waals surface area (Å²) in [6.07, 6.45) is 1.25. The molecule has 0 radical (unpaired) electrons. The minimum absolute atomic E-state index is 0.160. The molecule has 0 aromatic carbocycles. The zero-order valence-electron chi connectivity index (χ0n) is 6.24. The van der Waals surface area contributed by atoms with Crippen LogP contribution in [-0.4, -0.2) is 22.7 Å². The first-order chi connectivity index (χ1) is 4.75. The van der Waals surface area contributed by atoms with E-state index in [1.54, 1.807) is 0 Å². The van der Waals surface area contributed by atoms with Gasteiger partial charge in [0.05, 0.1) is 0 Å². The van der Waals surface area contributed by atoms with Crippen molar-refractivity contribution in [3.63, 3.8) is 0 Å². The smallest absolute Gasteiger partial charge is 0.217 e. The van der Waals surface area contributed by atoms with Crippen molar-refractivity contribution < 1.29 is 0 Å². The Hall–Kier alpha value is -0.510. The molecule has 56 valence electrons. The van der Waals surface area contributed by atoms with Crippen molar-refractivity contribution in [2.75, 3.05) is 6.54 Å². The lowest BCUT2D eigenvalue weighted by atomic mass is 10.4. The van der Waals surface area contributed by atoms with Crippen LogP contribution < -0.4 is 0 Å². The van der Waals surface area contributed by atoms with Gasteiger partial charge >= 0.3 is 0 Å². The van der Waals surface area contributed by atoms with E-state index in [1.807, 2.05) is 11.8 Å². The predicted octanol–water partition coefficient (Wildman–Crippen LogP) is 1.80. The van der Waals surface area contributed by atoms with Crippen LogP contribution in [-0.2, 0) is 0 Å². The number of hydrogen-bond acceptors (Lipinski definition) is 2. The van der Waals surface area contributed by atoms with Crippen molar-refractivity contribution in [3.05, 3.63) is 0 Å². The van der Waals surface area contributed by atoms with Gasteiger partial charge in [-0.05, 0) is 25.6 Å². The van der Waals surface area contributed by atoms with Crippen LogP contribution in [0, 0.1) is 0 Å². The van der Waals surface area contributed by atoms with E-state index in [-0.39, 0.29) is 6.17 Å². The lowest BCUT2D eigenvalue weighted by Crippen LogP contribution is -2.31. The van der Waals surface area contributed by atoms with Crippen LogP contribution in [0.15, 0.2) is 10.2 Å². The molecule has 1 aliphatic heterocycles. The Morgan fingerprint density at radius 3 is 2.80 bits per heavy atom. The number of hydrogen-bond donors (Lipinski definition) is 0. The van der Waals surface area contributed by atoms with E-state index >= 15 is 0 Å². The third kappa shape index (κ3) is 1.31. The van der Waals surface area contributed by atoms with Crippen molar-refractivity contribution in [1.29, 1.82) is 0 Å². The van der Waals surface area contributed by atoms with Gasteiger partial charge in [-0.25, -0.2) is 0 Å². The molecule has 1 rings (SSSR count). The summed E-state index contributed by atoms with van der Waals surface area (Å²) in [5, 5.41) is 8.36. The van der Waals surface area contributed by atoms with Gasteiger partial charge in [0.1, 0.15) is 6.17 Å². The number of azo groups is 1. The Balaban J connectivity index is 2.52. The summed E-state index contributed by atoms with van der Waals surface area (Å²) in [5.74, 6) is 0. The summed E-state index contributed by atoms with van der Waals surface area (Å²) in [4.78, 5) is 2.02. The van der Waals surface area contributed by atoms with Crippen LogP contribution in [0.2, 0.25) is 0 Å². The van der Waals surface area contributed by atoms with Crippen LogP contribution >= 0.6 is 12.2 Å². The van der Waals surface area contributed by atoms with Gasteiger partial charge in [-0.1, -0.05) is 6.92 Å². The SMILES string of the molecule is CCCN1C(=S)N=NC1C. The van der Waals surface area contributed by atoms with Crippen molar-refractivity contribution in [3.8, 4) is 0 Å². The van der Waals surface area contributed by atoms with E-state index in [9.17, 15) is 0 Å². The highest BCUT2D eigenvalue weighted by Gasteiger charge is 2.20. The molecule has 0 saturated carbocycles. The van der Waals surface area contributed by atoms with Crippen molar-refractivity contribution in [2.45, 2.75) is 26.4 Å². The van der Waals surface area contributed by atoms with Crippen molar-refractivity contribution >= 4 is 17.3 Å². The molecule has 0 spiro atoms. The molecule has 4 heteroatoms. The molecule has 0 amide bonds. The highest BCUT2D eigenvalue weighted by Crippen LogP contribution is 2.12. The Bertz CT molecular complexity index is 166. The molecule has 0 saturated heterocycles. The standard InChI is InChI=1S/C6H11N3S/c1-3-4-9-5(2)7-8-6(9)10/h5H,3-4H2,1-2H3. The molecule has 1 atom stereocenters. The number of thiocarbonyl (C=S) groups is 1. The highest BCUT2D eigenvalue weighted by atomic mass is 32.1. The van der Waals surface area contributed by atoms with Crippen LogP contribution in [0.4, 0.5) is 0 Å². The predicted molar refractivity (Wildman–Crippen MR) is 43.9 cm³/mol. The first-order valence-electron chi connectivity index (χ1n) is 3.47. The lowest BCUT2D eigenvalue weighted by Gasteiger charge is -2.18. The molecule has 1 aliphatic rings. The van der Waals surface area contributed by atoms with Crippen molar-refractivity contribution in [1.82, 2.24) is 4.90 Å². The summed E-state index contributed by atoms with van der Waals surface area (Å²) in [5.41, 5.74) is 0. The molecule has 3 nitrogen and oxygen atoms in total. The van der Waals surface area contributed by atoms with E-state index in [0.717, 1.165) is 13.0 Å². The molecule has 0 fully saturated rings. The van der Waals surface area contributed by atoms with Gasteiger partial charge in [-0.3, -0.25) is 0 Å². The molecule has 1 unspecified atom stereocenters. The maximum Gasteiger partial charge on any atom is 0.217 e. The zero-order chi connectivity index (χ0) is 7.56. The average molecular weight is 157 g/mol. The summed E-state index contributed by atoms with van der Waals surface area (Å²) in [6.45, 7) is 5.08. The second-order valence-electron chi connectivity index (χ2n) is 2.32. The van der Waals surface area contributed by atoms with Crippen LogP contribution in [0.1, 0.15) is 20.3 Å². The Kier molecular flexibility index (Phi) is 2.32. The van der Waals surface area contributed by atoms with Crippen molar-refractivity contribution in [2.24, 2.45) is 10.2 Å². The first-order valence-corrected chi connectivity index (χ1v) is 3.88. The van der Waals surface area contributed by atoms with Gasteiger partial charge in [0.15, 0.2) is 0 Å². The zero-order valence-corrected chi connectivity index (χ0v) is 7.06. The normalized spacial score (nSPS) is 24.4. The van der Waals surface area contributed by atoms with Gasteiger partial charge in [-0.15, -0.1) is 5.11 Å². The average Bonchev–Trinajstić information content (AvgIpc) is 2.20. The third-order valence-corrected chi connectivity index (χ3v) is 1.79. The Morgan fingerprint density at radius 1 is 1.70 bits per heavy atom. The monoisotopic (exact) mass is 157 g/mol. The van der Waals surface area contributed by atoms with Gasteiger partial charge in [0, 0.05) is 6.54 Å². The molecule has 0 bridgehead atoms. The van der Waals surface area contributed by atoms with Gasteiger partial charge in [0.25, 0.3) is 0 Å². The molecule has 0 aliphatic carbocycles. The van der Waals surface area contributed by atoms with Gasteiger partial charge in [-0.2, -0.15) is 5.11 Å². The highest BCUT2D eigenvalue weighted by molar-refractivity contribution is 7.80. The Labute approximate surface area is 66.1 Å². The minimum atomic E-state index is 0.160. The molecule has 0 N–H and O–H groups in total. The molecule has 0 aromatic rings. The second kappa shape index (κ2) is 3.05. The van der Waals surface area contributed by atoms with E-state index in [1.165, 1.54) is 0 Å². The first kappa shape index (κ1) is 7.60. The van der Waals surface area contributed by atoms with Crippen LogP contribution in [0.5, 0.6) is 0 Å². The maximum absolute atomic E-state index is 4.95. The Morgan fingerprint density at radius 2 is 2.40 bits per heavy atom. The summed E-state index contributed by atoms with van der Waals surface area (Å²) >= 11 is 4.95. The number of nitrogens with zero attached hydrogens (tertiary/aromatic N) is 3. The fourth-order valence-electron chi connectivity index (χ4n) is 0.936. The van der Waals surface area contributed by atoms with E-state index in [2.05, 4.69) is 17.2 Å². The van der Waals surface area contributed by atoms with Crippen LogP contribution in [0.25, 0.3) is 0 Å². The van der Waals surface area contributed by atoms with Gasteiger partial charge < -0.3 is 4.90 Å². The minimum Gasteiger partial charge on any atom is -0.322 e. The summed E-state index contributed by atoms with van der Waals surface area (Å²) in [7, 11) is 0. The summed E-state index contributed by atoms with van der Waals surface area (Å²) < 4.78 is 0.